The van der Waals surface area contributed by atoms with Crippen LogP contribution in [0.2, 0.25) is 0 Å². The Bertz CT molecular complexity index is 1120. The summed E-state index contributed by atoms with van der Waals surface area (Å²) in [6.07, 6.45) is 1.40. The summed E-state index contributed by atoms with van der Waals surface area (Å²) < 4.78 is 32.6. The highest BCUT2D eigenvalue weighted by Crippen LogP contribution is 2.30. The Labute approximate surface area is 141 Å². The molecule has 0 atom stereocenters. The van der Waals surface area contributed by atoms with E-state index in [1.807, 2.05) is 24.3 Å². The first-order valence-corrected chi connectivity index (χ1v) is 7.51. The Kier molecular flexibility index (Phi) is 3.61. The number of rotatable bonds is 3. The van der Waals surface area contributed by atoms with Crippen molar-refractivity contribution in [3.05, 3.63) is 66.0 Å². The molecular weight excluding hydrogens is 326 g/mol. The number of anilines is 1. The molecule has 0 spiro atoms. The van der Waals surface area contributed by atoms with Gasteiger partial charge in [0.05, 0.1) is 5.71 Å². The van der Waals surface area contributed by atoms with Gasteiger partial charge in [-0.1, -0.05) is 12.1 Å². The van der Waals surface area contributed by atoms with Crippen molar-refractivity contribution < 1.29 is 13.2 Å². The largest absolute Gasteiger partial charge is 0.450 e. The quantitative estimate of drug-likeness (QED) is 0.441. The fourth-order valence-electron chi connectivity index (χ4n) is 2.58. The maximum absolute atomic E-state index is 13.8. The number of fused-ring (bicyclic) bond motifs is 3. The normalized spacial score (nSPS) is 12.0. The molecule has 0 unspecified atom stereocenters. The van der Waals surface area contributed by atoms with Crippen LogP contribution >= 0.6 is 0 Å². The minimum absolute atomic E-state index is 0.198. The van der Waals surface area contributed by atoms with Gasteiger partial charge in [-0.3, -0.25) is 5.43 Å². The van der Waals surface area contributed by atoms with Crippen molar-refractivity contribution in [2.24, 2.45) is 5.10 Å². The third-order valence-corrected chi connectivity index (χ3v) is 3.81. The van der Waals surface area contributed by atoms with Gasteiger partial charge in [0, 0.05) is 17.0 Å². The van der Waals surface area contributed by atoms with Crippen LogP contribution in [0.15, 0.2) is 58.3 Å². The second kappa shape index (κ2) is 5.94. The van der Waals surface area contributed by atoms with Crippen LogP contribution in [0.1, 0.15) is 12.5 Å². The zero-order valence-corrected chi connectivity index (χ0v) is 13.1. The van der Waals surface area contributed by atoms with Gasteiger partial charge in [-0.2, -0.15) is 5.10 Å². The summed E-state index contributed by atoms with van der Waals surface area (Å²) >= 11 is 0. The summed E-state index contributed by atoms with van der Waals surface area (Å²) in [5.74, 6) is -0.954. The molecule has 124 valence electrons. The maximum Gasteiger partial charge on any atom is 0.197 e. The molecule has 0 saturated heterocycles. The lowest BCUT2D eigenvalue weighted by Gasteiger charge is -2.04. The predicted octanol–water partition coefficient (Wildman–Crippen LogP) is 4.49. The summed E-state index contributed by atoms with van der Waals surface area (Å²) in [5, 5.41) is 5.00. The fraction of sp³-hybridized carbons (Fsp3) is 0.0556. The average molecular weight is 338 g/mol. The number of hydrogen-bond acceptors (Lipinski definition) is 5. The number of benzene rings is 2. The standard InChI is InChI=1S/C18H12F2N4O/c1-10(12-7-6-11(19)8-14(12)20)23-24-18-17-16(21-9-22-18)13-4-2-3-5-15(13)25-17/h2-9H,1H3,(H,21,22,24)/b23-10-. The number of para-hydroxylation sites is 1. The van der Waals surface area contributed by atoms with Crippen molar-refractivity contribution in [1.82, 2.24) is 9.97 Å². The maximum atomic E-state index is 13.8. The van der Waals surface area contributed by atoms with Crippen molar-refractivity contribution in [1.29, 1.82) is 0 Å². The monoisotopic (exact) mass is 338 g/mol. The molecule has 4 rings (SSSR count). The molecule has 0 aliphatic rings. The summed E-state index contributed by atoms with van der Waals surface area (Å²) in [6.45, 7) is 1.61. The van der Waals surface area contributed by atoms with Crippen molar-refractivity contribution in [2.75, 3.05) is 5.43 Å². The molecule has 0 saturated carbocycles. The molecule has 0 aliphatic carbocycles. The van der Waals surface area contributed by atoms with E-state index >= 15 is 0 Å². The molecule has 0 bridgehead atoms. The number of nitrogens with one attached hydrogen (secondary N) is 1. The van der Waals surface area contributed by atoms with Crippen LogP contribution in [-0.2, 0) is 0 Å². The van der Waals surface area contributed by atoms with Crippen molar-refractivity contribution in [3.63, 3.8) is 0 Å². The molecule has 0 aliphatic heterocycles. The molecule has 25 heavy (non-hydrogen) atoms. The Hall–Kier alpha value is -3.35. The Morgan fingerprint density at radius 1 is 1.12 bits per heavy atom. The van der Waals surface area contributed by atoms with Gasteiger partial charge in [-0.15, -0.1) is 0 Å². The van der Waals surface area contributed by atoms with Crippen LogP contribution in [0, 0.1) is 11.6 Å². The van der Waals surface area contributed by atoms with Crippen LogP contribution in [0.5, 0.6) is 0 Å². The number of hydrogen-bond donors (Lipinski definition) is 1. The lowest BCUT2D eigenvalue weighted by molar-refractivity contribution is 0.581. The smallest absolute Gasteiger partial charge is 0.197 e. The van der Waals surface area contributed by atoms with Gasteiger partial charge >= 0.3 is 0 Å². The molecule has 0 fully saturated rings. The van der Waals surface area contributed by atoms with E-state index in [0.717, 1.165) is 11.5 Å². The Morgan fingerprint density at radius 3 is 2.80 bits per heavy atom. The topological polar surface area (TPSA) is 63.3 Å². The van der Waals surface area contributed by atoms with Gasteiger partial charge in [0.1, 0.15) is 29.1 Å². The number of aromatic nitrogens is 2. The lowest BCUT2D eigenvalue weighted by atomic mass is 10.1. The van der Waals surface area contributed by atoms with Gasteiger partial charge in [0.2, 0.25) is 0 Å². The second-order valence-electron chi connectivity index (χ2n) is 5.43. The van der Waals surface area contributed by atoms with E-state index in [9.17, 15) is 8.78 Å². The first-order chi connectivity index (χ1) is 12.1. The second-order valence-corrected chi connectivity index (χ2v) is 5.43. The average Bonchev–Trinajstić information content (AvgIpc) is 2.99. The number of hydrazone groups is 1. The molecular formula is C18H12F2N4O. The minimum atomic E-state index is -0.681. The van der Waals surface area contributed by atoms with Gasteiger partial charge in [0.25, 0.3) is 0 Å². The van der Waals surface area contributed by atoms with Crippen LogP contribution in [0.3, 0.4) is 0 Å². The van der Waals surface area contributed by atoms with Crippen molar-refractivity contribution >= 4 is 33.6 Å². The first kappa shape index (κ1) is 15.2. The molecule has 5 nitrogen and oxygen atoms in total. The van der Waals surface area contributed by atoms with E-state index in [2.05, 4.69) is 20.5 Å². The van der Waals surface area contributed by atoms with E-state index < -0.39 is 11.6 Å². The highest BCUT2D eigenvalue weighted by atomic mass is 19.1. The zero-order valence-electron chi connectivity index (χ0n) is 13.1. The van der Waals surface area contributed by atoms with Crippen LogP contribution < -0.4 is 5.43 Å². The van der Waals surface area contributed by atoms with Gasteiger partial charge < -0.3 is 4.42 Å². The summed E-state index contributed by atoms with van der Waals surface area (Å²) in [4.78, 5) is 8.37. The fourth-order valence-corrected chi connectivity index (χ4v) is 2.58. The highest BCUT2D eigenvalue weighted by molar-refractivity contribution is 6.05. The van der Waals surface area contributed by atoms with Crippen molar-refractivity contribution in [2.45, 2.75) is 6.92 Å². The molecule has 2 aromatic carbocycles. The Balaban J connectivity index is 1.73. The Morgan fingerprint density at radius 2 is 1.96 bits per heavy atom. The lowest BCUT2D eigenvalue weighted by Crippen LogP contribution is -2.04. The molecule has 1 N–H and O–H groups in total. The predicted molar refractivity (Wildman–Crippen MR) is 91.5 cm³/mol. The zero-order chi connectivity index (χ0) is 17.4. The molecule has 2 aromatic heterocycles. The van der Waals surface area contributed by atoms with Gasteiger partial charge in [-0.25, -0.2) is 18.7 Å². The number of furan rings is 1. The third kappa shape index (κ3) is 2.69. The third-order valence-electron chi connectivity index (χ3n) is 3.81. The van der Waals surface area contributed by atoms with Crippen LogP contribution in [0.25, 0.3) is 22.1 Å². The van der Waals surface area contributed by atoms with E-state index in [4.69, 9.17) is 4.42 Å². The SMILES string of the molecule is C/C(=N/Nc1ncnc2c1oc1ccccc12)c1ccc(F)cc1F. The van der Waals surface area contributed by atoms with Gasteiger partial charge in [0.15, 0.2) is 11.4 Å². The van der Waals surface area contributed by atoms with E-state index in [0.29, 0.717) is 28.2 Å². The van der Waals surface area contributed by atoms with E-state index in [1.54, 1.807) is 6.92 Å². The first-order valence-electron chi connectivity index (χ1n) is 7.51. The molecule has 0 radical (unpaired) electrons. The van der Waals surface area contributed by atoms with E-state index in [1.165, 1.54) is 18.5 Å². The minimum Gasteiger partial charge on any atom is -0.450 e. The molecule has 4 aromatic rings. The van der Waals surface area contributed by atoms with Crippen LogP contribution in [0.4, 0.5) is 14.6 Å². The summed E-state index contributed by atoms with van der Waals surface area (Å²) in [6, 6.07) is 10.8. The summed E-state index contributed by atoms with van der Waals surface area (Å²) in [5.41, 5.74) is 5.12. The summed E-state index contributed by atoms with van der Waals surface area (Å²) in [7, 11) is 0. The van der Waals surface area contributed by atoms with Gasteiger partial charge in [-0.05, 0) is 31.2 Å². The number of halogens is 2. The highest BCUT2D eigenvalue weighted by Gasteiger charge is 2.13. The molecule has 7 heteroatoms. The van der Waals surface area contributed by atoms with Crippen LogP contribution in [-0.4, -0.2) is 15.7 Å². The van der Waals surface area contributed by atoms with Crippen molar-refractivity contribution in [3.8, 4) is 0 Å². The molecule has 0 amide bonds. The number of nitrogens with zero attached hydrogens (tertiary/aromatic N) is 3. The van der Waals surface area contributed by atoms with E-state index in [-0.39, 0.29) is 5.56 Å². The molecule has 2 heterocycles.